The fraction of sp³-hybridized carbons (Fsp3) is 0.646. The lowest BCUT2D eigenvalue weighted by Crippen LogP contribution is -2.30. The van der Waals surface area contributed by atoms with Gasteiger partial charge in [0.2, 0.25) is 0 Å². The van der Waals surface area contributed by atoms with Gasteiger partial charge in [-0.25, -0.2) is 0 Å². The predicted octanol–water partition coefficient (Wildman–Crippen LogP) is 19.6. The molecule has 0 aliphatic carbocycles. The number of hydrogen-bond donors (Lipinski definition) is 0. The monoisotopic (exact) mass is 983 g/mol. The van der Waals surface area contributed by atoms with Crippen molar-refractivity contribution >= 4 is 17.9 Å². The molecule has 0 amide bonds. The van der Waals surface area contributed by atoms with Gasteiger partial charge >= 0.3 is 17.9 Å². The van der Waals surface area contributed by atoms with Crippen LogP contribution in [-0.4, -0.2) is 37.2 Å². The third-order valence-electron chi connectivity index (χ3n) is 11.9. The molecule has 0 fully saturated rings. The predicted molar refractivity (Wildman–Crippen MR) is 306 cm³/mol. The topological polar surface area (TPSA) is 78.9 Å². The number of unbranched alkanes of at least 4 members (excludes halogenated alkanes) is 20. The molecule has 0 aromatic carbocycles. The van der Waals surface area contributed by atoms with Crippen molar-refractivity contribution in [1.29, 1.82) is 0 Å². The molecule has 0 bridgehead atoms. The first-order chi connectivity index (χ1) is 35.0. The molecule has 0 aromatic heterocycles. The van der Waals surface area contributed by atoms with Crippen LogP contribution in [0.1, 0.15) is 252 Å². The first-order valence-electron chi connectivity index (χ1n) is 29.0. The van der Waals surface area contributed by atoms with Crippen molar-refractivity contribution in [2.75, 3.05) is 13.2 Å². The van der Waals surface area contributed by atoms with E-state index in [-0.39, 0.29) is 31.1 Å². The average Bonchev–Trinajstić information content (AvgIpc) is 3.37. The van der Waals surface area contributed by atoms with Gasteiger partial charge in [-0.1, -0.05) is 226 Å². The Balaban J connectivity index is 4.44. The molecule has 1 unspecified atom stereocenters. The molecule has 6 heteroatoms. The fourth-order valence-corrected chi connectivity index (χ4v) is 7.63. The molecule has 0 radical (unpaired) electrons. The SMILES string of the molecule is CC/C=C\C/C=C\C/C=C\C/C=C\CCCCCCCCCCC(=O)OCC(COC(=O)CCCCC/C=C\C/C=C\C/C=C\CC)OC(=O)CCCCCCCC/C=C\C/C=C\C/C=C\CCCCC. The van der Waals surface area contributed by atoms with Gasteiger partial charge in [0.1, 0.15) is 13.2 Å². The van der Waals surface area contributed by atoms with Crippen LogP contribution < -0.4 is 0 Å². The molecule has 0 saturated heterocycles. The maximum Gasteiger partial charge on any atom is 0.306 e. The van der Waals surface area contributed by atoms with Crippen molar-refractivity contribution in [2.24, 2.45) is 0 Å². The lowest BCUT2D eigenvalue weighted by atomic mass is 10.1. The van der Waals surface area contributed by atoms with Gasteiger partial charge in [-0.3, -0.25) is 14.4 Å². The largest absolute Gasteiger partial charge is 0.462 e. The standard InChI is InChI=1S/C65H106O6/c1-4-7-10-13-16-19-22-25-27-29-31-32-34-35-37-40-43-46-49-52-55-58-64(67)70-61-62(60-69-63(66)57-54-51-48-45-42-39-24-21-18-15-12-9-6-3)71-65(68)59-56-53-50-47-44-41-38-36-33-30-28-26-23-20-17-14-11-8-5-2/h7,9-10,12,16-21,25-28,31-33,36,39,42,62H,4-6,8,11,13-15,22-24,29-30,34-35,37-38,40-41,43-61H2,1-3H3/b10-7-,12-9-,19-16-,20-17-,21-18-,27-25-,28-26-,32-31-,36-33-,42-39-. The number of rotatable bonds is 51. The summed E-state index contributed by atoms with van der Waals surface area (Å²) >= 11 is 0. The average molecular weight is 984 g/mol. The Morgan fingerprint density at radius 2 is 0.549 bits per heavy atom. The Kier molecular flexibility index (Phi) is 54.9. The molecular formula is C65H106O6. The second-order valence-electron chi connectivity index (χ2n) is 18.8. The van der Waals surface area contributed by atoms with E-state index in [0.29, 0.717) is 19.3 Å². The van der Waals surface area contributed by atoms with Crippen molar-refractivity contribution in [3.8, 4) is 0 Å². The highest BCUT2D eigenvalue weighted by molar-refractivity contribution is 5.71. The van der Waals surface area contributed by atoms with Crippen LogP contribution in [0.2, 0.25) is 0 Å². The molecule has 1 atom stereocenters. The van der Waals surface area contributed by atoms with Crippen molar-refractivity contribution in [1.82, 2.24) is 0 Å². The smallest absolute Gasteiger partial charge is 0.306 e. The van der Waals surface area contributed by atoms with Gasteiger partial charge in [-0.2, -0.15) is 0 Å². The number of ether oxygens (including phenoxy) is 3. The second kappa shape index (κ2) is 58.4. The van der Waals surface area contributed by atoms with E-state index in [4.69, 9.17) is 14.2 Å². The summed E-state index contributed by atoms with van der Waals surface area (Å²) in [6, 6.07) is 0. The van der Waals surface area contributed by atoms with Crippen LogP contribution in [-0.2, 0) is 28.6 Å². The van der Waals surface area contributed by atoms with Crippen LogP contribution in [0.4, 0.5) is 0 Å². The van der Waals surface area contributed by atoms with Gasteiger partial charge in [-0.05, 0) is 128 Å². The van der Waals surface area contributed by atoms with E-state index in [1.165, 1.54) is 70.6 Å². The van der Waals surface area contributed by atoms with Crippen LogP contribution in [0.15, 0.2) is 122 Å². The number of allylic oxidation sites excluding steroid dienone is 20. The summed E-state index contributed by atoms with van der Waals surface area (Å²) in [5.74, 6) is -0.952. The highest BCUT2D eigenvalue weighted by atomic mass is 16.6. The second-order valence-corrected chi connectivity index (χ2v) is 18.8. The highest BCUT2D eigenvalue weighted by Gasteiger charge is 2.19. The number of esters is 3. The summed E-state index contributed by atoms with van der Waals surface area (Å²) in [5, 5.41) is 0. The van der Waals surface area contributed by atoms with Gasteiger partial charge in [0.25, 0.3) is 0 Å². The van der Waals surface area contributed by atoms with Crippen molar-refractivity contribution < 1.29 is 28.6 Å². The summed E-state index contributed by atoms with van der Waals surface area (Å²) in [6.45, 7) is 6.34. The minimum Gasteiger partial charge on any atom is -0.462 e. The van der Waals surface area contributed by atoms with Gasteiger partial charge in [0.15, 0.2) is 6.10 Å². The van der Waals surface area contributed by atoms with Gasteiger partial charge < -0.3 is 14.2 Å². The zero-order valence-corrected chi connectivity index (χ0v) is 45.9. The Hall–Kier alpha value is -4.19. The molecule has 6 nitrogen and oxygen atoms in total. The summed E-state index contributed by atoms with van der Waals surface area (Å²) < 4.78 is 16.8. The minimum atomic E-state index is -0.805. The maximum absolute atomic E-state index is 12.9. The van der Waals surface area contributed by atoms with Crippen LogP contribution in [0.5, 0.6) is 0 Å². The van der Waals surface area contributed by atoms with E-state index in [0.717, 1.165) is 141 Å². The van der Waals surface area contributed by atoms with E-state index < -0.39 is 6.10 Å². The molecular weight excluding hydrogens is 877 g/mol. The Bertz CT molecular complexity index is 1500. The molecule has 0 saturated carbocycles. The summed E-state index contributed by atoms with van der Waals surface area (Å²) in [4.78, 5) is 38.2. The quantitative estimate of drug-likeness (QED) is 0.0261. The summed E-state index contributed by atoms with van der Waals surface area (Å²) in [7, 11) is 0. The lowest BCUT2D eigenvalue weighted by molar-refractivity contribution is -0.167. The fourth-order valence-electron chi connectivity index (χ4n) is 7.63. The van der Waals surface area contributed by atoms with Crippen LogP contribution in [0.3, 0.4) is 0 Å². The van der Waals surface area contributed by atoms with Gasteiger partial charge in [-0.15, -0.1) is 0 Å². The molecule has 0 rings (SSSR count). The highest BCUT2D eigenvalue weighted by Crippen LogP contribution is 2.14. The molecule has 0 heterocycles. The summed E-state index contributed by atoms with van der Waals surface area (Å²) in [5.41, 5.74) is 0. The Labute approximate surface area is 437 Å². The summed E-state index contributed by atoms with van der Waals surface area (Å²) in [6.07, 6.45) is 80.4. The minimum absolute atomic E-state index is 0.100. The van der Waals surface area contributed by atoms with E-state index in [2.05, 4.69) is 142 Å². The van der Waals surface area contributed by atoms with Crippen LogP contribution in [0.25, 0.3) is 0 Å². The molecule has 0 spiro atoms. The number of carbonyl (C=O) groups excluding carboxylic acids is 3. The molecule has 0 N–H and O–H groups in total. The molecule has 0 aromatic rings. The molecule has 0 aliphatic rings. The Morgan fingerprint density at radius 1 is 0.296 bits per heavy atom. The molecule has 402 valence electrons. The van der Waals surface area contributed by atoms with Gasteiger partial charge in [0.05, 0.1) is 0 Å². The van der Waals surface area contributed by atoms with Crippen molar-refractivity contribution in [3.05, 3.63) is 122 Å². The van der Waals surface area contributed by atoms with E-state index in [1.54, 1.807) is 0 Å². The van der Waals surface area contributed by atoms with Crippen LogP contribution >= 0.6 is 0 Å². The van der Waals surface area contributed by atoms with E-state index in [1.807, 2.05) is 0 Å². The third kappa shape index (κ3) is 56.6. The maximum atomic E-state index is 12.9. The van der Waals surface area contributed by atoms with Crippen molar-refractivity contribution in [2.45, 2.75) is 258 Å². The van der Waals surface area contributed by atoms with Crippen molar-refractivity contribution in [3.63, 3.8) is 0 Å². The normalized spacial score (nSPS) is 13.0. The lowest BCUT2D eigenvalue weighted by Gasteiger charge is -2.18. The third-order valence-corrected chi connectivity index (χ3v) is 11.9. The van der Waals surface area contributed by atoms with E-state index in [9.17, 15) is 14.4 Å². The first kappa shape index (κ1) is 66.8. The first-order valence-corrected chi connectivity index (χ1v) is 29.0. The zero-order chi connectivity index (χ0) is 51.4. The van der Waals surface area contributed by atoms with Crippen LogP contribution in [0, 0.1) is 0 Å². The van der Waals surface area contributed by atoms with E-state index >= 15 is 0 Å². The molecule has 71 heavy (non-hydrogen) atoms. The Morgan fingerprint density at radius 3 is 0.873 bits per heavy atom. The number of carbonyl (C=O) groups is 3. The van der Waals surface area contributed by atoms with Gasteiger partial charge in [0, 0.05) is 19.3 Å². The number of hydrogen-bond acceptors (Lipinski definition) is 6. The molecule has 0 aliphatic heterocycles. The zero-order valence-electron chi connectivity index (χ0n) is 45.9.